The fourth-order valence-electron chi connectivity index (χ4n) is 3.94. The SMILES string of the molecule is CCOC(=O)[C@@H]1C[C@@H]1C(=O)Nc1cc2c(-c3nc4cc(OC)ccc4o3)cnc(NC)c2cn1. The molecule has 10 nitrogen and oxygen atoms in total. The van der Waals surface area contributed by atoms with Gasteiger partial charge in [-0.05, 0) is 31.5 Å². The van der Waals surface area contributed by atoms with E-state index in [-0.39, 0.29) is 11.9 Å². The molecule has 4 aromatic rings. The molecule has 5 rings (SSSR count). The second kappa shape index (κ2) is 8.62. The number of rotatable bonds is 7. The number of fused-ring (bicyclic) bond motifs is 2. The summed E-state index contributed by atoms with van der Waals surface area (Å²) >= 11 is 0. The summed E-state index contributed by atoms with van der Waals surface area (Å²) in [6, 6.07) is 7.15. The van der Waals surface area contributed by atoms with Gasteiger partial charge in [-0.25, -0.2) is 15.0 Å². The summed E-state index contributed by atoms with van der Waals surface area (Å²) < 4.78 is 16.3. The van der Waals surface area contributed by atoms with E-state index in [1.807, 2.05) is 0 Å². The number of hydrogen-bond acceptors (Lipinski definition) is 9. The lowest BCUT2D eigenvalue weighted by molar-refractivity contribution is -0.145. The number of carbonyl (C=O) groups excluding carboxylic acids is 2. The molecular weight excluding hydrogens is 438 g/mol. The first-order valence-corrected chi connectivity index (χ1v) is 10.9. The fraction of sp³-hybridized carbons (Fsp3) is 0.292. The predicted molar refractivity (Wildman–Crippen MR) is 125 cm³/mol. The molecule has 2 N–H and O–H groups in total. The smallest absolute Gasteiger partial charge is 0.309 e. The van der Waals surface area contributed by atoms with Crippen molar-refractivity contribution < 1.29 is 23.5 Å². The van der Waals surface area contributed by atoms with Crippen molar-refractivity contribution in [2.45, 2.75) is 13.3 Å². The normalized spacial score (nSPS) is 16.9. The van der Waals surface area contributed by atoms with Gasteiger partial charge in [-0.2, -0.15) is 0 Å². The van der Waals surface area contributed by atoms with Crippen molar-refractivity contribution in [3.05, 3.63) is 36.7 Å². The number of methoxy groups -OCH3 is 1. The zero-order valence-corrected chi connectivity index (χ0v) is 18.9. The highest BCUT2D eigenvalue weighted by Crippen LogP contribution is 2.40. The van der Waals surface area contributed by atoms with Gasteiger partial charge in [0.1, 0.15) is 22.9 Å². The van der Waals surface area contributed by atoms with Crippen molar-refractivity contribution in [3.8, 4) is 17.2 Å². The van der Waals surface area contributed by atoms with Gasteiger partial charge in [0.05, 0.1) is 31.1 Å². The van der Waals surface area contributed by atoms with E-state index in [9.17, 15) is 9.59 Å². The molecule has 3 aromatic heterocycles. The third-order valence-electron chi connectivity index (χ3n) is 5.80. The summed E-state index contributed by atoms with van der Waals surface area (Å²) in [5.41, 5.74) is 1.92. The summed E-state index contributed by atoms with van der Waals surface area (Å²) in [6.45, 7) is 2.04. The molecule has 1 fully saturated rings. The van der Waals surface area contributed by atoms with E-state index in [0.717, 1.165) is 10.8 Å². The Labute approximate surface area is 194 Å². The molecular formula is C24H23N5O5. The van der Waals surface area contributed by atoms with Crippen molar-refractivity contribution in [1.82, 2.24) is 15.0 Å². The standard InChI is InChI=1S/C24H23N5O5/c1-4-33-24(31)15-8-14(15)22(30)29-20-9-13-16(10-26-20)21(25-2)27-11-17(13)23-28-18-7-12(32-3)5-6-19(18)34-23/h5-7,9-11,14-15H,4,8H2,1-3H3,(H,25,27)(H,26,29,30)/t14-,15+/m0/s1. The number of pyridine rings is 2. The third-order valence-corrected chi connectivity index (χ3v) is 5.80. The lowest BCUT2D eigenvalue weighted by Gasteiger charge is -2.10. The van der Waals surface area contributed by atoms with Crippen LogP contribution in [0.4, 0.5) is 11.6 Å². The van der Waals surface area contributed by atoms with E-state index in [1.165, 1.54) is 0 Å². The van der Waals surface area contributed by atoms with E-state index in [4.69, 9.17) is 13.9 Å². The molecule has 0 aliphatic heterocycles. The minimum Gasteiger partial charge on any atom is -0.497 e. The van der Waals surface area contributed by atoms with Crippen LogP contribution in [0.2, 0.25) is 0 Å². The van der Waals surface area contributed by atoms with Crippen molar-refractivity contribution in [3.63, 3.8) is 0 Å². The largest absolute Gasteiger partial charge is 0.497 e. The molecule has 1 aromatic carbocycles. The van der Waals surface area contributed by atoms with Crippen LogP contribution in [0, 0.1) is 11.8 Å². The third kappa shape index (κ3) is 3.87. The molecule has 1 saturated carbocycles. The molecule has 1 aliphatic carbocycles. The molecule has 10 heteroatoms. The zero-order chi connectivity index (χ0) is 23.8. The molecule has 174 valence electrons. The van der Waals surface area contributed by atoms with Crippen molar-refractivity contribution in [2.75, 3.05) is 31.4 Å². The first-order valence-electron chi connectivity index (χ1n) is 10.9. The second-order valence-electron chi connectivity index (χ2n) is 7.93. The summed E-state index contributed by atoms with van der Waals surface area (Å²) in [7, 11) is 3.36. The second-order valence-corrected chi connectivity index (χ2v) is 7.93. The number of oxazole rings is 1. The van der Waals surface area contributed by atoms with Gasteiger partial charge in [-0.1, -0.05) is 0 Å². The van der Waals surface area contributed by atoms with Gasteiger partial charge in [0.25, 0.3) is 0 Å². The Morgan fingerprint density at radius 3 is 2.76 bits per heavy atom. The highest BCUT2D eigenvalue weighted by atomic mass is 16.5. The maximum Gasteiger partial charge on any atom is 0.309 e. The van der Waals surface area contributed by atoms with E-state index >= 15 is 0 Å². The Morgan fingerprint density at radius 1 is 1.15 bits per heavy atom. The van der Waals surface area contributed by atoms with Crippen LogP contribution < -0.4 is 15.4 Å². The van der Waals surface area contributed by atoms with Crippen LogP contribution in [0.25, 0.3) is 33.3 Å². The Bertz CT molecular complexity index is 1420. The van der Waals surface area contributed by atoms with Crippen LogP contribution in [-0.2, 0) is 14.3 Å². The predicted octanol–water partition coefficient (Wildman–Crippen LogP) is 3.63. The first kappa shape index (κ1) is 21.6. The minimum absolute atomic E-state index is 0.261. The van der Waals surface area contributed by atoms with Gasteiger partial charge in [0, 0.05) is 36.3 Å². The van der Waals surface area contributed by atoms with Crippen molar-refractivity contribution in [2.24, 2.45) is 11.8 Å². The van der Waals surface area contributed by atoms with E-state index < -0.39 is 11.8 Å². The van der Waals surface area contributed by atoms with Gasteiger partial charge >= 0.3 is 5.97 Å². The number of esters is 1. The van der Waals surface area contributed by atoms with Gasteiger partial charge in [0.2, 0.25) is 11.8 Å². The van der Waals surface area contributed by atoms with Gasteiger partial charge in [-0.15, -0.1) is 0 Å². The molecule has 1 amide bonds. The van der Waals surface area contributed by atoms with Crippen molar-refractivity contribution >= 4 is 45.4 Å². The van der Waals surface area contributed by atoms with Crippen LogP contribution in [0.5, 0.6) is 5.75 Å². The molecule has 1 aliphatic rings. The number of amides is 1. The minimum atomic E-state index is -0.409. The number of anilines is 2. The van der Waals surface area contributed by atoms with Crippen LogP contribution in [0.3, 0.4) is 0 Å². The Hall–Kier alpha value is -4.21. The summed E-state index contributed by atoms with van der Waals surface area (Å²) in [5.74, 6) is 0.650. The molecule has 2 atom stereocenters. The maximum absolute atomic E-state index is 12.7. The summed E-state index contributed by atoms with van der Waals surface area (Å²) in [6.07, 6.45) is 3.78. The molecule has 0 unspecified atom stereocenters. The number of hydrogen-bond donors (Lipinski definition) is 2. The maximum atomic E-state index is 12.7. The van der Waals surface area contributed by atoms with Crippen LogP contribution in [0.15, 0.2) is 41.1 Å². The highest BCUT2D eigenvalue weighted by Gasteiger charge is 2.49. The zero-order valence-electron chi connectivity index (χ0n) is 18.9. The Morgan fingerprint density at radius 2 is 2.00 bits per heavy atom. The summed E-state index contributed by atoms with van der Waals surface area (Å²) in [4.78, 5) is 38.0. The van der Waals surface area contributed by atoms with Gasteiger partial charge in [0.15, 0.2) is 5.58 Å². The molecule has 0 saturated heterocycles. The Kier molecular flexibility index (Phi) is 5.48. The first-order chi connectivity index (χ1) is 16.5. The van der Waals surface area contributed by atoms with Gasteiger partial charge in [-0.3, -0.25) is 9.59 Å². The number of ether oxygens (including phenoxy) is 2. The molecule has 0 radical (unpaired) electrons. The van der Waals surface area contributed by atoms with E-state index in [2.05, 4.69) is 25.6 Å². The summed E-state index contributed by atoms with van der Waals surface area (Å²) in [5, 5.41) is 7.36. The van der Waals surface area contributed by atoms with Crippen LogP contribution in [0.1, 0.15) is 13.3 Å². The topological polar surface area (TPSA) is 128 Å². The van der Waals surface area contributed by atoms with Crippen LogP contribution >= 0.6 is 0 Å². The lowest BCUT2D eigenvalue weighted by atomic mass is 10.1. The lowest BCUT2D eigenvalue weighted by Crippen LogP contribution is -2.18. The number of benzene rings is 1. The molecule has 3 heterocycles. The molecule has 34 heavy (non-hydrogen) atoms. The average Bonchev–Trinajstić information content (AvgIpc) is 3.55. The fourth-order valence-corrected chi connectivity index (χ4v) is 3.94. The van der Waals surface area contributed by atoms with Crippen LogP contribution in [-0.4, -0.2) is 47.6 Å². The van der Waals surface area contributed by atoms with Crippen molar-refractivity contribution in [1.29, 1.82) is 0 Å². The number of carbonyl (C=O) groups is 2. The number of nitrogens with zero attached hydrogens (tertiary/aromatic N) is 3. The number of aromatic nitrogens is 3. The Balaban J connectivity index is 1.49. The average molecular weight is 461 g/mol. The quantitative estimate of drug-likeness (QED) is 0.396. The monoisotopic (exact) mass is 461 g/mol. The van der Waals surface area contributed by atoms with E-state index in [1.54, 1.807) is 57.7 Å². The molecule has 0 spiro atoms. The van der Waals surface area contributed by atoms with E-state index in [0.29, 0.717) is 53.0 Å². The number of nitrogens with one attached hydrogen (secondary N) is 2. The highest BCUT2D eigenvalue weighted by molar-refractivity contribution is 6.04. The molecule has 0 bridgehead atoms. The van der Waals surface area contributed by atoms with Gasteiger partial charge < -0.3 is 24.5 Å².